The van der Waals surface area contributed by atoms with Gasteiger partial charge >= 0.3 is 0 Å². The molecule has 0 aliphatic rings. The highest BCUT2D eigenvalue weighted by atomic mass is 16.6. The highest BCUT2D eigenvalue weighted by Gasteiger charge is 2.14. The van der Waals surface area contributed by atoms with Crippen LogP contribution in [0.15, 0.2) is 4.63 Å². The second-order valence-electron chi connectivity index (χ2n) is 2.11. The van der Waals surface area contributed by atoms with Gasteiger partial charge in [0.15, 0.2) is 0 Å². The van der Waals surface area contributed by atoms with E-state index in [0.29, 0.717) is 0 Å². The summed E-state index contributed by atoms with van der Waals surface area (Å²) < 4.78 is 4.25. The number of nitrogens with one attached hydrogen (secondary N) is 1. The number of carbonyl (C=O) groups is 1. The Morgan fingerprint density at radius 2 is 2.46 bits per heavy atom. The lowest BCUT2D eigenvalue weighted by molar-refractivity contribution is 0.0949. The van der Waals surface area contributed by atoms with Gasteiger partial charge in [-0.15, -0.1) is 5.92 Å². The van der Waals surface area contributed by atoms with Gasteiger partial charge in [-0.3, -0.25) is 4.79 Å². The number of hydrogen-bond acceptors (Lipinski definition) is 5. The number of amides is 1. The summed E-state index contributed by atoms with van der Waals surface area (Å²) in [5.74, 6) is 4.82. The average molecular weight is 180 g/mol. The Morgan fingerprint density at radius 1 is 1.69 bits per heavy atom. The van der Waals surface area contributed by atoms with Crippen LogP contribution in [0.5, 0.6) is 0 Å². The minimum atomic E-state index is -0.443. The highest BCUT2D eigenvalue weighted by molar-refractivity contribution is 5.96. The molecule has 1 aromatic heterocycles. The van der Waals surface area contributed by atoms with Crippen LogP contribution in [0.3, 0.4) is 0 Å². The molecule has 1 amide bonds. The van der Waals surface area contributed by atoms with Crippen molar-refractivity contribution in [2.75, 3.05) is 12.3 Å². The first-order valence-corrected chi connectivity index (χ1v) is 3.51. The predicted molar refractivity (Wildman–Crippen MR) is 44.5 cm³/mol. The summed E-state index contributed by atoms with van der Waals surface area (Å²) in [5.41, 5.74) is 5.27. The molecule has 68 valence electrons. The van der Waals surface area contributed by atoms with Gasteiger partial charge in [-0.25, -0.2) is 4.63 Å². The van der Waals surface area contributed by atoms with E-state index in [1.165, 1.54) is 0 Å². The second-order valence-corrected chi connectivity index (χ2v) is 2.11. The third-order valence-corrected chi connectivity index (χ3v) is 1.24. The molecule has 0 aliphatic heterocycles. The zero-order chi connectivity index (χ0) is 9.68. The quantitative estimate of drug-likeness (QED) is 0.593. The summed E-state index contributed by atoms with van der Waals surface area (Å²) in [5, 5.41) is 9.06. The molecule has 1 heterocycles. The molecule has 1 aromatic rings. The molecule has 3 N–H and O–H groups in total. The summed E-state index contributed by atoms with van der Waals surface area (Å²) in [4.78, 5) is 11.2. The molecule has 0 bridgehead atoms. The molecule has 6 nitrogen and oxygen atoms in total. The van der Waals surface area contributed by atoms with E-state index in [1.807, 2.05) is 0 Å². The summed E-state index contributed by atoms with van der Waals surface area (Å²) in [6.07, 6.45) is 0. The molecular weight excluding hydrogens is 172 g/mol. The number of rotatable bonds is 2. The lowest BCUT2D eigenvalue weighted by atomic mass is 10.4. The van der Waals surface area contributed by atoms with Crippen LogP contribution in [0.25, 0.3) is 0 Å². The fraction of sp³-hybridized carbons (Fsp3) is 0.286. The number of carbonyl (C=O) groups excluding carboxylic acids is 1. The van der Waals surface area contributed by atoms with Crippen LogP contribution in [-0.2, 0) is 0 Å². The van der Waals surface area contributed by atoms with Crippen molar-refractivity contribution in [3.05, 3.63) is 5.69 Å². The Kier molecular flexibility index (Phi) is 2.87. The van der Waals surface area contributed by atoms with Crippen LogP contribution in [0.1, 0.15) is 17.4 Å². The van der Waals surface area contributed by atoms with Crippen LogP contribution in [0.4, 0.5) is 5.82 Å². The first kappa shape index (κ1) is 9.06. The topological polar surface area (TPSA) is 94.0 Å². The average Bonchev–Trinajstić information content (AvgIpc) is 2.52. The summed E-state index contributed by atoms with van der Waals surface area (Å²) >= 11 is 0. The Morgan fingerprint density at radius 3 is 3.00 bits per heavy atom. The van der Waals surface area contributed by atoms with Crippen LogP contribution in [0.2, 0.25) is 0 Å². The maximum atomic E-state index is 11.2. The van der Waals surface area contributed by atoms with E-state index in [2.05, 4.69) is 32.1 Å². The Hall–Kier alpha value is -2.03. The zero-order valence-corrected chi connectivity index (χ0v) is 7.00. The molecule has 6 heteroatoms. The lowest BCUT2D eigenvalue weighted by Gasteiger charge is -1.95. The third-order valence-electron chi connectivity index (χ3n) is 1.24. The van der Waals surface area contributed by atoms with Gasteiger partial charge in [-0.05, 0) is 17.2 Å². The smallest absolute Gasteiger partial charge is 0.278 e. The van der Waals surface area contributed by atoms with Crippen molar-refractivity contribution < 1.29 is 9.42 Å². The van der Waals surface area contributed by atoms with E-state index in [9.17, 15) is 4.79 Å². The van der Waals surface area contributed by atoms with Gasteiger partial charge in [0.05, 0.1) is 6.54 Å². The minimum Gasteiger partial charge on any atom is -0.379 e. The first-order valence-electron chi connectivity index (χ1n) is 3.51. The van der Waals surface area contributed by atoms with Crippen LogP contribution >= 0.6 is 0 Å². The van der Waals surface area contributed by atoms with Crippen molar-refractivity contribution in [3.63, 3.8) is 0 Å². The number of hydrogen-bond donors (Lipinski definition) is 2. The monoisotopic (exact) mass is 180 g/mol. The van der Waals surface area contributed by atoms with Gasteiger partial charge < -0.3 is 11.1 Å². The predicted octanol–water partition coefficient (Wildman–Crippen LogP) is -0.595. The molecule has 0 saturated heterocycles. The van der Waals surface area contributed by atoms with Gasteiger partial charge in [0.1, 0.15) is 0 Å². The van der Waals surface area contributed by atoms with Gasteiger partial charge in [-0.2, -0.15) is 0 Å². The molecule has 0 radical (unpaired) electrons. The normalized spacial score (nSPS) is 8.69. The molecule has 0 atom stereocenters. The molecule has 0 saturated carbocycles. The molecular formula is C7H8N4O2. The lowest BCUT2D eigenvalue weighted by Crippen LogP contribution is -2.24. The number of anilines is 1. The summed E-state index contributed by atoms with van der Waals surface area (Å²) in [6.45, 7) is 1.93. The van der Waals surface area contributed by atoms with Crippen LogP contribution in [-0.4, -0.2) is 22.8 Å². The molecule has 0 spiro atoms. The van der Waals surface area contributed by atoms with Crippen LogP contribution < -0.4 is 11.1 Å². The zero-order valence-electron chi connectivity index (χ0n) is 7.00. The SMILES string of the molecule is CC#CCNC(=O)c1nonc1N. The van der Waals surface area contributed by atoms with Crippen molar-refractivity contribution in [3.8, 4) is 11.8 Å². The van der Waals surface area contributed by atoms with Gasteiger partial charge in [0.2, 0.25) is 11.5 Å². The Labute approximate surface area is 74.4 Å². The van der Waals surface area contributed by atoms with Crippen molar-refractivity contribution in [2.24, 2.45) is 0 Å². The largest absolute Gasteiger partial charge is 0.379 e. The van der Waals surface area contributed by atoms with E-state index in [4.69, 9.17) is 5.73 Å². The van der Waals surface area contributed by atoms with Gasteiger partial charge in [0.25, 0.3) is 5.91 Å². The van der Waals surface area contributed by atoms with E-state index in [-0.39, 0.29) is 18.1 Å². The van der Waals surface area contributed by atoms with Crippen molar-refractivity contribution in [1.29, 1.82) is 0 Å². The number of nitrogen functional groups attached to an aromatic ring is 1. The van der Waals surface area contributed by atoms with Crippen molar-refractivity contribution >= 4 is 11.7 Å². The van der Waals surface area contributed by atoms with E-state index >= 15 is 0 Å². The van der Waals surface area contributed by atoms with E-state index in [0.717, 1.165) is 0 Å². The molecule has 13 heavy (non-hydrogen) atoms. The summed E-state index contributed by atoms with van der Waals surface area (Å²) in [7, 11) is 0. The third kappa shape index (κ3) is 2.20. The molecule has 0 fully saturated rings. The molecule has 0 aliphatic carbocycles. The Bertz CT molecular complexity index is 360. The van der Waals surface area contributed by atoms with Gasteiger partial charge in [-0.1, -0.05) is 5.92 Å². The fourth-order valence-corrected chi connectivity index (χ4v) is 0.650. The van der Waals surface area contributed by atoms with E-state index < -0.39 is 5.91 Å². The van der Waals surface area contributed by atoms with Gasteiger partial charge in [0, 0.05) is 0 Å². The maximum Gasteiger partial charge on any atom is 0.278 e. The highest BCUT2D eigenvalue weighted by Crippen LogP contribution is 2.02. The minimum absolute atomic E-state index is 0.0158. The molecule has 0 unspecified atom stereocenters. The van der Waals surface area contributed by atoms with E-state index in [1.54, 1.807) is 6.92 Å². The molecule has 0 aromatic carbocycles. The number of aromatic nitrogens is 2. The fourth-order valence-electron chi connectivity index (χ4n) is 0.650. The van der Waals surface area contributed by atoms with Crippen molar-refractivity contribution in [2.45, 2.75) is 6.92 Å². The van der Waals surface area contributed by atoms with Crippen molar-refractivity contribution in [1.82, 2.24) is 15.6 Å². The van der Waals surface area contributed by atoms with Crippen LogP contribution in [0, 0.1) is 11.8 Å². The maximum absolute atomic E-state index is 11.2. The molecule has 1 rings (SSSR count). The standard InChI is InChI=1S/C7H8N4O2/c1-2-3-4-9-7(12)5-6(8)11-13-10-5/h4H2,1H3,(H2,8,11)(H,9,12). The summed E-state index contributed by atoms with van der Waals surface area (Å²) in [6, 6.07) is 0. The second kappa shape index (κ2) is 4.11. The Balaban J connectivity index is 2.57. The number of nitrogens with two attached hydrogens (primary N) is 1. The first-order chi connectivity index (χ1) is 6.25. The number of nitrogens with zero attached hydrogens (tertiary/aromatic N) is 2.